The number of halogens is 1. The molecule has 1 aliphatic rings. The molecule has 0 radical (unpaired) electrons. The maximum atomic E-state index is 6.68. The maximum absolute atomic E-state index is 6.68. The van der Waals surface area contributed by atoms with Crippen molar-refractivity contribution in [3.05, 3.63) is 22.2 Å². The fourth-order valence-corrected chi connectivity index (χ4v) is 3.84. The van der Waals surface area contributed by atoms with Crippen LogP contribution in [-0.2, 0) is 11.8 Å². The number of aryl methyl sites for hydroxylation is 1. The molecule has 0 unspecified atom stereocenters. The number of nitrogens with two attached hydrogens (primary N) is 1. The molecule has 112 valence electrons. The number of rotatable bonds is 5. The van der Waals surface area contributed by atoms with Gasteiger partial charge in [-0.25, -0.2) is 0 Å². The predicted molar refractivity (Wildman–Crippen MR) is 83.1 cm³/mol. The molecule has 0 aliphatic heterocycles. The van der Waals surface area contributed by atoms with Crippen molar-refractivity contribution in [3.63, 3.8) is 0 Å². The van der Waals surface area contributed by atoms with Crippen LogP contribution < -0.4 is 15.2 Å². The number of benzene rings is 1. The summed E-state index contributed by atoms with van der Waals surface area (Å²) < 4.78 is 11.1. The van der Waals surface area contributed by atoms with Gasteiger partial charge in [-0.05, 0) is 30.9 Å². The average Bonchev–Trinajstić information content (AvgIpc) is 2.96. The summed E-state index contributed by atoms with van der Waals surface area (Å²) in [7, 11) is 3.33. The second-order valence-electron chi connectivity index (χ2n) is 5.51. The highest BCUT2D eigenvalue weighted by Crippen LogP contribution is 2.51. The number of hydrogen-bond donors (Lipinski definition) is 1. The van der Waals surface area contributed by atoms with E-state index in [9.17, 15) is 0 Å². The van der Waals surface area contributed by atoms with Gasteiger partial charge in [-0.3, -0.25) is 0 Å². The molecule has 2 N–H and O–H groups in total. The first-order valence-corrected chi connectivity index (χ1v) is 7.65. The zero-order valence-corrected chi connectivity index (χ0v) is 13.3. The smallest absolute Gasteiger partial charge is 0.166 e. The lowest BCUT2D eigenvalue weighted by atomic mass is 9.77. The van der Waals surface area contributed by atoms with Crippen LogP contribution in [0.2, 0.25) is 5.02 Å². The first-order chi connectivity index (χ1) is 9.63. The van der Waals surface area contributed by atoms with Crippen molar-refractivity contribution in [2.75, 3.05) is 20.8 Å². The van der Waals surface area contributed by atoms with E-state index >= 15 is 0 Å². The molecule has 0 amide bonds. The van der Waals surface area contributed by atoms with Gasteiger partial charge in [0.05, 0.1) is 19.2 Å². The minimum absolute atomic E-state index is 0.0686. The largest absolute Gasteiger partial charge is 0.493 e. The van der Waals surface area contributed by atoms with E-state index in [2.05, 4.69) is 6.92 Å². The molecule has 0 aromatic heterocycles. The highest BCUT2D eigenvalue weighted by atomic mass is 35.5. The van der Waals surface area contributed by atoms with Crippen molar-refractivity contribution in [3.8, 4) is 11.5 Å². The van der Waals surface area contributed by atoms with Crippen molar-refractivity contribution < 1.29 is 9.47 Å². The van der Waals surface area contributed by atoms with Crippen molar-refractivity contribution in [2.45, 2.75) is 44.4 Å². The topological polar surface area (TPSA) is 44.5 Å². The molecule has 0 atom stereocenters. The molecule has 0 spiro atoms. The second-order valence-corrected chi connectivity index (χ2v) is 5.88. The number of methoxy groups -OCH3 is 2. The van der Waals surface area contributed by atoms with Crippen LogP contribution in [0.3, 0.4) is 0 Å². The third-order valence-electron chi connectivity index (χ3n) is 4.54. The third-order valence-corrected chi connectivity index (χ3v) is 4.98. The molecular weight excluding hydrogens is 274 g/mol. The Labute approximate surface area is 126 Å². The summed E-state index contributed by atoms with van der Waals surface area (Å²) in [6.45, 7) is 2.69. The molecule has 1 aromatic carbocycles. The molecule has 4 heteroatoms. The molecule has 20 heavy (non-hydrogen) atoms. The molecule has 2 rings (SSSR count). The van der Waals surface area contributed by atoms with Crippen LogP contribution in [0.1, 0.15) is 43.7 Å². The Kier molecular flexibility index (Phi) is 4.82. The lowest BCUT2D eigenvalue weighted by molar-refractivity contribution is 0.336. The fraction of sp³-hybridized carbons (Fsp3) is 0.625. The Morgan fingerprint density at radius 1 is 1.25 bits per heavy atom. The van der Waals surface area contributed by atoms with Gasteiger partial charge < -0.3 is 15.2 Å². The van der Waals surface area contributed by atoms with Gasteiger partial charge >= 0.3 is 0 Å². The fourth-order valence-electron chi connectivity index (χ4n) is 3.36. The average molecular weight is 298 g/mol. The van der Waals surface area contributed by atoms with Crippen LogP contribution >= 0.6 is 11.6 Å². The summed E-state index contributed by atoms with van der Waals surface area (Å²) in [6.07, 6.45) is 5.38. The summed E-state index contributed by atoms with van der Waals surface area (Å²) in [5, 5.41) is 0.803. The SMILES string of the molecule is CCc1cc(OC)c(OC)c(C2(CN)CCCC2)c1Cl. The van der Waals surface area contributed by atoms with Gasteiger partial charge in [-0.2, -0.15) is 0 Å². The van der Waals surface area contributed by atoms with Crippen molar-refractivity contribution in [1.82, 2.24) is 0 Å². The van der Waals surface area contributed by atoms with E-state index in [0.717, 1.165) is 46.9 Å². The zero-order valence-electron chi connectivity index (χ0n) is 12.6. The molecule has 1 aromatic rings. The summed E-state index contributed by atoms with van der Waals surface area (Å²) in [4.78, 5) is 0. The monoisotopic (exact) mass is 297 g/mol. The standard InChI is InChI=1S/C16H24ClNO2/c1-4-11-9-12(19-2)15(20-3)13(14(11)17)16(10-18)7-5-6-8-16/h9H,4-8,10,18H2,1-3H3. The molecule has 3 nitrogen and oxygen atoms in total. The van der Waals surface area contributed by atoms with E-state index in [1.54, 1.807) is 14.2 Å². The van der Waals surface area contributed by atoms with Crippen molar-refractivity contribution in [2.24, 2.45) is 5.73 Å². The maximum Gasteiger partial charge on any atom is 0.166 e. The number of hydrogen-bond acceptors (Lipinski definition) is 3. The van der Waals surface area contributed by atoms with Gasteiger partial charge in [0.15, 0.2) is 11.5 Å². The Morgan fingerprint density at radius 3 is 2.35 bits per heavy atom. The lowest BCUT2D eigenvalue weighted by Gasteiger charge is -2.32. The van der Waals surface area contributed by atoms with Crippen LogP contribution in [0.5, 0.6) is 11.5 Å². The summed E-state index contributed by atoms with van der Waals surface area (Å²) in [5.74, 6) is 1.51. The Bertz CT molecular complexity index is 482. The van der Waals surface area contributed by atoms with Crippen LogP contribution in [-0.4, -0.2) is 20.8 Å². The van der Waals surface area contributed by atoms with Gasteiger partial charge in [-0.1, -0.05) is 31.4 Å². The van der Waals surface area contributed by atoms with Crippen LogP contribution in [0.4, 0.5) is 0 Å². The minimum Gasteiger partial charge on any atom is -0.493 e. The van der Waals surface area contributed by atoms with Crippen LogP contribution in [0.15, 0.2) is 6.07 Å². The van der Waals surface area contributed by atoms with Gasteiger partial charge in [0.1, 0.15) is 0 Å². The highest BCUT2D eigenvalue weighted by molar-refractivity contribution is 6.32. The van der Waals surface area contributed by atoms with E-state index in [1.807, 2.05) is 6.07 Å². The Morgan fingerprint density at radius 2 is 1.90 bits per heavy atom. The third kappa shape index (κ3) is 2.38. The molecule has 0 heterocycles. The van der Waals surface area contributed by atoms with E-state index in [0.29, 0.717) is 6.54 Å². The first-order valence-electron chi connectivity index (χ1n) is 7.27. The van der Waals surface area contributed by atoms with Crippen LogP contribution in [0, 0.1) is 0 Å². The van der Waals surface area contributed by atoms with Gasteiger partial charge in [-0.15, -0.1) is 0 Å². The van der Waals surface area contributed by atoms with Gasteiger partial charge in [0, 0.05) is 17.5 Å². The van der Waals surface area contributed by atoms with E-state index in [1.165, 1.54) is 12.8 Å². The Hall–Kier alpha value is -0.930. The van der Waals surface area contributed by atoms with Crippen molar-refractivity contribution in [1.29, 1.82) is 0 Å². The molecule has 0 bridgehead atoms. The predicted octanol–water partition coefficient (Wildman–Crippen LogP) is 3.69. The Balaban J connectivity index is 2.71. The lowest BCUT2D eigenvalue weighted by Crippen LogP contribution is -2.33. The number of ether oxygens (including phenoxy) is 2. The molecule has 0 saturated heterocycles. The molecule has 1 saturated carbocycles. The zero-order chi connectivity index (χ0) is 14.8. The molecule has 1 fully saturated rings. The van der Waals surface area contributed by atoms with Crippen molar-refractivity contribution >= 4 is 11.6 Å². The summed E-state index contributed by atoms with van der Waals surface area (Å²) >= 11 is 6.68. The highest BCUT2D eigenvalue weighted by Gasteiger charge is 2.40. The van der Waals surface area contributed by atoms with Gasteiger partial charge in [0.25, 0.3) is 0 Å². The van der Waals surface area contributed by atoms with Gasteiger partial charge in [0.2, 0.25) is 0 Å². The minimum atomic E-state index is -0.0686. The second kappa shape index (κ2) is 6.23. The summed E-state index contributed by atoms with van der Waals surface area (Å²) in [6, 6.07) is 1.98. The normalized spacial score (nSPS) is 17.2. The molecular formula is C16H24ClNO2. The first kappa shape index (κ1) is 15.5. The van der Waals surface area contributed by atoms with Crippen LogP contribution in [0.25, 0.3) is 0 Å². The summed E-state index contributed by atoms with van der Waals surface area (Å²) in [5.41, 5.74) is 8.20. The molecule has 1 aliphatic carbocycles. The van der Waals surface area contributed by atoms with E-state index in [-0.39, 0.29) is 5.41 Å². The van der Waals surface area contributed by atoms with E-state index < -0.39 is 0 Å². The quantitative estimate of drug-likeness (QED) is 0.901. The van der Waals surface area contributed by atoms with E-state index in [4.69, 9.17) is 26.8 Å².